The molecule has 0 saturated carbocycles. The van der Waals surface area contributed by atoms with Crippen molar-refractivity contribution in [2.24, 2.45) is 0 Å². The van der Waals surface area contributed by atoms with Crippen LogP contribution >= 0.6 is 11.6 Å². The molecular weight excluding hydrogens is 463 g/mol. The SMILES string of the molecule is Cc1nc2c3c(nc(Cl)c(F)c3c1[C@@H](C)O)O[C@@H](C)[C@@H]1[C@@H]3CC[C@H](CN21)N3C(=O)OC(C)(C)C. The minimum absolute atomic E-state index is 0.0662. The van der Waals surface area contributed by atoms with Crippen LogP contribution in [0.1, 0.15) is 64.8 Å². The number of aromatic nitrogens is 2. The molecule has 2 aromatic heterocycles. The molecule has 2 fully saturated rings. The first-order chi connectivity index (χ1) is 15.9. The molecule has 8 nitrogen and oxygen atoms in total. The summed E-state index contributed by atoms with van der Waals surface area (Å²) in [7, 11) is 0. The summed E-state index contributed by atoms with van der Waals surface area (Å²) in [5.74, 6) is 0.0329. The maximum absolute atomic E-state index is 15.4. The van der Waals surface area contributed by atoms with Crippen molar-refractivity contribution in [3.05, 3.63) is 22.2 Å². The molecule has 0 aliphatic carbocycles. The van der Waals surface area contributed by atoms with Gasteiger partial charge >= 0.3 is 6.09 Å². The Hall–Kier alpha value is -2.39. The highest BCUT2D eigenvalue weighted by Gasteiger charge is 2.53. The minimum atomic E-state index is -0.959. The van der Waals surface area contributed by atoms with Gasteiger partial charge in [-0.2, -0.15) is 4.98 Å². The molecule has 3 aliphatic rings. The van der Waals surface area contributed by atoms with E-state index in [1.807, 2.05) is 32.6 Å². The number of aliphatic hydroxyl groups is 1. The van der Waals surface area contributed by atoms with Gasteiger partial charge in [0.05, 0.1) is 29.6 Å². The molecule has 2 aromatic rings. The number of ether oxygens (including phenoxy) is 2. The molecule has 0 unspecified atom stereocenters. The topological polar surface area (TPSA) is 88.0 Å². The molecule has 5 heterocycles. The number of pyridine rings is 2. The summed E-state index contributed by atoms with van der Waals surface area (Å²) in [4.78, 5) is 26.1. The van der Waals surface area contributed by atoms with E-state index in [-0.39, 0.29) is 40.6 Å². The van der Waals surface area contributed by atoms with Crippen molar-refractivity contribution in [1.29, 1.82) is 0 Å². The van der Waals surface area contributed by atoms with Crippen LogP contribution in [0.15, 0.2) is 0 Å². The summed E-state index contributed by atoms with van der Waals surface area (Å²) in [6, 6.07) is -0.467. The predicted molar refractivity (Wildman–Crippen MR) is 126 cm³/mol. The van der Waals surface area contributed by atoms with E-state index >= 15 is 4.39 Å². The Kier molecular flexibility index (Phi) is 5.37. The molecule has 5 atom stereocenters. The number of hydrogen-bond acceptors (Lipinski definition) is 7. The number of carbonyl (C=O) groups excluding carboxylic acids is 1. The number of fused-ring (bicyclic) bond motifs is 5. The normalized spacial score (nSPS) is 26.7. The van der Waals surface area contributed by atoms with Crippen LogP contribution in [0, 0.1) is 12.7 Å². The molecule has 2 saturated heterocycles. The Morgan fingerprint density at radius 3 is 2.65 bits per heavy atom. The van der Waals surface area contributed by atoms with Crippen LogP contribution in [0.25, 0.3) is 10.8 Å². The first-order valence-electron chi connectivity index (χ1n) is 11.7. The number of amides is 1. The number of anilines is 1. The molecule has 1 amide bonds. The Balaban J connectivity index is 1.68. The summed E-state index contributed by atoms with van der Waals surface area (Å²) in [5.41, 5.74) is 0.279. The molecule has 1 N–H and O–H groups in total. The second kappa shape index (κ2) is 7.81. The van der Waals surface area contributed by atoms with Crippen LogP contribution < -0.4 is 9.64 Å². The zero-order valence-electron chi connectivity index (χ0n) is 20.2. The van der Waals surface area contributed by atoms with Crippen LogP contribution in [-0.2, 0) is 4.74 Å². The maximum Gasteiger partial charge on any atom is 0.410 e. The lowest BCUT2D eigenvalue weighted by Gasteiger charge is -2.48. The Bertz CT molecular complexity index is 1180. The smallest absolute Gasteiger partial charge is 0.410 e. The van der Waals surface area contributed by atoms with Crippen molar-refractivity contribution in [1.82, 2.24) is 14.9 Å². The molecule has 0 aromatic carbocycles. The molecule has 2 bridgehead atoms. The van der Waals surface area contributed by atoms with Crippen molar-refractivity contribution >= 4 is 34.3 Å². The third kappa shape index (κ3) is 3.47. The van der Waals surface area contributed by atoms with Crippen molar-refractivity contribution in [2.45, 2.75) is 90.3 Å². The lowest BCUT2D eigenvalue weighted by Crippen LogP contribution is -2.65. The lowest BCUT2D eigenvalue weighted by atomic mass is 9.97. The number of piperazine rings is 1. The van der Waals surface area contributed by atoms with Gasteiger partial charge in [0, 0.05) is 23.2 Å². The Morgan fingerprint density at radius 2 is 2.00 bits per heavy atom. The zero-order chi connectivity index (χ0) is 24.7. The van der Waals surface area contributed by atoms with Crippen molar-refractivity contribution in [3.63, 3.8) is 0 Å². The molecule has 34 heavy (non-hydrogen) atoms. The van der Waals surface area contributed by atoms with Gasteiger partial charge in [0.15, 0.2) is 11.0 Å². The van der Waals surface area contributed by atoms with Crippen molar-refractivity contribution < 1.29 is 23.8 Å². The van der Waals surface area contributed by atoms with E-state index in [1.54, 1.807) is 13.8 Å². The number of aliphatic hydroxyl groups excluding tert-OH is 1. The van der Waals surface area contributed by atoms with E-state index in [1.165, 1.54) is 0 Å². The molecule has 0 spiro atoms. The second-order valence-corrected chi connectivity index (χ2v) is 10.9. The number of rotatable bonds is 1. The van der Waals surface area contributed by atoms with E-state index in [0.717, 1.165) is 12.8 Å². The van der Waals surface area contributed by atoms with E-state index < -0.39 is 23.6 Å². The average molecular weight is 493 g/mol. The summed E-state index contributed by atoms with van der Waals surface area (Å²) in [6.07, 6.45) is -0.0577. The van der Waals surface area contributed by atoms with Gasteiger partial charge in [0.25, 0.3) is 0 Å². The van der Waals surface area contributed by atoms with Gasteiger partial charge in [0.1, 0.15) is 17.5 Å². The molecule has 5 rings (SSSR count). The second-order valence-electron chi connectivity index (χ2n) is 10.5. The molecule has 184 valence electrons. The number of aryl methyl sites for hydroxylation is 1. The fourth-order valence-electron chi connectivity index (χ4n) is 5.86. The zero-order valence-corrected chi connectivity index (χ0v) is 21.0. The number of hydrogen-bond donors (Lipinski definition) is 1. The summed E-state index contributed by atoms with van der Waals surface area (Å²) < 4.78 is 27.4. The number of carbonyl (C=O) groups is 1. The maximum atomic E-state index is 15.4. The van der Waals surface area contributed by atoms with Gasteiger partial charge in [-0.3, -0.25) is 4.90 Å². The van der Waals surface area contributed by atoms with Gasteiger partial charge < -0.3 is 19.5 Å². The summed E-state index contributed by atoms with van der Waals surface area (Å²) in [5, 5.41) is 10.7. The van der Waals surface area contributed by atoms with Gasteiger partial charge in [0.2, 0.25) is 5.88 Å². The minimum Gasteiger partial charge on any atom is -0.472 e. The monoisotopic (exact) mass is 492 g/mol. The summed E-state index contributed by atoms with van der Waals surface area (Å²) >= 11 is 6.17. The third-order valence-corrected chi connectivity index (χ3v) is 7.25. The standard InChI is InChI=1S/C24H30ClFN4O4/c1-10-15(11(2)31)16-17-21(27-10)29-9-13-7-8-14(30(13)23(32)34-24(4,5)6)19(29)12(3)33-22(17)28-20(25)18(16)26/h11-14,19,31H,7-9H2,1-6H3/t11-,12+,13-,14+,19-/m1/s1. The Morgan fingerprint density at radius 1 is 1.29 bits per heavy atom. The molecular formula is C24H30ClFN4O4. The first-order valence-corrected chi connectivity index (χ1v) is 12.1. The summed E-state index contributed by atoms with van der Waals surface area (Å²) in [6.45, 7) is 11.3. The third-order valence-electron chi connectivity index (χ3n) is 7.00. The van der Waals surface area contributed by atoms with E-state index in [0.29, 0.717) is 29.0 Å². The van der Waals surface area contributed by atoms with Crippen molar-refractivity contribution in [3.8, 4) is 5.88 Å². The molecule has 3 aliphatic heterocycles. The average Bonchev–Trinajstić information content (AvgIpc) is 2.96. The van der Waals surface area contributed by atoms with Gasteiger partial charge in [-0.15, -0.1) is 0 Å². The highest BCUT2D eigenvalue weighted by atomic mass is 35.5. The highest BCUT2D eigenvalue weighted by Crippen LogP contribution is 2.47. The van der Waals surface area contributed by atoms with Crippen LogP contribution in [-0.4, -0.2) is 62.4 Å². The van der Waals surface area contributed by atoms with E-state index in [9.17, 15) is 9.90 Å². The van der Waals surface area contributed by atoms with Crippen LogP contribution in [0.3, 0.4) is 0 Å². The predicted octanol–water partition coefficient (Wildman–Crippen LogP) is 4.52. The number of halogens is 2. The Labute approximate surface area is 203 Å². The van der Waals surface area contributed by atoms with Crippen molar-refractivity contribution in [2.75, 3.05) is 11.4 Å². The van der Waals surface area contributed by atoms with Gasteiger partial charge in [-0.25, -0.2) is 14.2 Å². The van der Waals surface area contributed by atoms with E-state index in [2.05, 4.69) is 9.88 Å². The fraction of sp³-hybridized carbons (Fsp3) is 0.625. The first kappa shape index (κ1) is 23.4. The van der Waals surface area contributed by atoms with Gasteiger partial charge in [-0.1, -0.05) is 11.6 Å². The fourth-order valence-corrected chi connectivity index (χ4v) is 6.03. The largest absolute Gasteiger partial charge is 0.472 e. The van der Waals surface area contributed by atoms with Crippen LogP contribution in [0.5, 0.6) is 5.88 Å². The lowest BCUT2D eigenvalue weighted by molar-refractivity contribution is 0.000951. The number of nitrogens with zero attached hydrogens (tertiary/aromatic N) is 4. The van der Waals surface area contributed by atoms with Crippen LogP contribution in [0.2, 0.25) is 5.15 Å². The molecule has 0 radical (unpaired) electrons. The van der Waals surface area contributed by atoms with Gasteiger partial charge in [-0.05, 0) is 54.4 Å². The highest BCUT2D eigenvalue weighted by molar-refractivity contribution is 6.30. The van der Waals surface area contributed by atoms with E-state index in [4.69, 9.17) is 26.1 Å². The van der Waals surface area contributed by atoms with Crippen LogP contribution in [0.4, 0.5) is 15.0 Å². The molecule has 10 heteroatoms. The quantitative estimate of drug-likeness (QED) is 0.585.